The summed E-state index contributed by atoms with van der Waals surface area (Å²) >= 11 is 0. The Labute approximate surface area is 219 Å². The summed E-state index contributed by atoms with van der Waals surface area (Å²) in [6.45, 7) is 4.07. The second kappa shape index (κ2) is 11.6. The molecular weight excluding hydrogens is 482 g/mol. The molecule has 8 heteroatoms. The Morgan fingerprint density at radius 2 is 1.58 bits per heavy atom. The van der Waals surface area contributed by atoms with E-state index >= 15 is 0 Å². The Kier molecular flexibility index (Phi) is 8.01. The van der Waals surface area contributed by atoms with Gasteiger partial charge < -0.3 is 20.7 Å². The van der Waals surface area contributed by atoms with Gasteiger partial charge in [-0.2, -0.15) is 0 Å². The van der Waals surface area contributed by atoms with Gasteiger partial charge in [-0.1, -0.05) is 56.3 Å². The predicted octanol–water partition coefficient (Wildman–Crippen LogP) is 5.07. The molecule has 4 N–H and O–H groups in total. The summed E-state index contributed by atoms with van der Waals surface area (Å²) in [7, 11) is 0. The molecule has 0 saturated carbocycles. The summed E-state index contributed by atoms with van der Waals surface area (Å²) in [6.07, 6.45) is 2.29. The van der Waals surface area contributed by atoms with Gasteiger partial charge in [0.05, 0.1) is 0 Å². The third-order valence-corrected chi connectivity index (χ3v) is 6.29. The Morgan fingerprint density at radius 1 is 0.895 bits per heavy atom. The lowest BCUT2D eigenvalue weighted by atomic mass is 10.0. The third kappa shape index (κ3) is 6.15. The van der Waals surface area contributed by atoms with Crippen molar-refractivity contribution in [2.24, 2.45) is 5.92 Å². The molecule has 0 bridgehead atoms. The first kappa shape index (κ1) is 26.3. The molecule has 38 heavy (non-hydrogen) atoms. The number of carboxylic acids is 1. The van der Waals surface area contributed by atoms with E-state index in [9.17, 15) is 24.3 Å². The lowest BCUT2D eigenvalue weighted by Crippen LogP contribution is -2.44. The molecule has 2 amide bonds. The van der Waals surface area contributed by atoms with Crippen molar-refractivity contribution in [1.82, 2.24) is 10.3 Å². The smallest absolute Gasteiger partial charge is 0.341 e. The molecule has 0 saturated heterocycles. The van der Waals surface area contributed by atoms with Crippen LogP contribution in [0.25, 0.3) is 22.0 Å². The van der Waals surface area contributed by atoms with Crippen LogP contribution in [0.3, 0.4) is 0 Å². The molecule has 0 unspecified atom stereocenters. The quantitative estimate of drug-likeness (QED) is 0.250. The zero-order valence-electron chi connectivity index (χ0n) is 21.2. The molecule has 1 atom stereocenters. The molecule has 1 aromatic heterocycles. The molecule has 0 aliphatic heterocycles. The number of carboxylic acid groups (broad SMARTS) is 1. The molecule has 4 aromatic rings. The summed E-state index contributed by atoms with van der Waals surface area (Å²) in [5, 5.41) is 15.0. The summed E-state index contributed by atoms with van der Waals surface area (Å²) in [4.78, 5) is 52.9. The van der Waals surface area contributed by atoms with Crippen molar-refractivity contribution in [3.63, 3.8) is 0 Å². The topological polar surface area (TPSA) is 128 Å². The number of aromatic carboxylic acids is 1. The van der Waals surface area contributed by atoms with E-state index in [-0.39, 0.29) is 16.9 Å². The Hall–Kier alpha value is -4.72. The van der Waals surface area contributed by atoms with Crippen molar-refractivity contribution in [1.29, 1.82) is 0 Å². The minimum atomic E-state index is -1.34. The number of hydrogen-bond donors (Lipinski definition) is 4. The molecule has 8 nitrogen and oxygen atoms in total. The Morgan fingerprint density at radius 3 is 2.24 bits per heavy atom. The van der Waals surface area contributed by atoms with Crippen molar-refractivity contribution in [3.8, 4) is 11.1 Å². The van der Waals surface area contributed by atoms with E-state index in [1.54, 1.807) is 24.3 Å². The number of nitrogens with one attached hydrogen (secondary N) is 3. The molecule has 0 spiro atoms. The van der Waals surface area contributed by atoms with Gasteiger partial charge >= 0.3 is 5.97 Å². The molecule has 0 aliphatic carbocycles. The monoisotopic (exact) mass is 511 g/mol. The Balaban J connectivity index is 1.52. The fourth-order valence-electron chi connectivity index (χ4n) is 4.14. The minimum absolute atomic E-state index is 0.143. The van der Waals surface area contributed by atoms with Gasteiger partial charge in [0.25, 0.3) is 5.91 Å². The van der Waals surface area contributed by atoms with Crippen LogP contribution in [-0.4, -0.2) is 33.9 Å². The van der Waals surface area contributed by atoms with Crippen molar-refractivity contribution >= 4 is 34.4 Å². The van der Waals surface area contributed by atoms with E-state index in [1.165, 1.54) is 6.07 Å². The fourth-order valence-corrected chi connectivity index (χ4v) is 4.14. The summed E-state index contributed by atoms with van der Waals surface area (Å²) in [6, 6.07) is 20.8. The van der Waals surface area contributed by atoms with Crippen LogP contribution in [0.4, 0.5) is 5.69 Å². The van der Waals surface area contributed by atoms with Gasteiger partial charge in [-0.3, -0.25) is 14.4 Å². The summed E-state index contributed by atoms with van der Waals surface area (Å²) < 4.78 is 0. The molecule has 194 valence electrons. The minimum Gasteiger partial charge on any atom is -0.477 e. The number of carbonyl (C=O) groups is 3. The van der Waals surface area contributed by atoms with Crippen LogP contribution in [0.1, 0.15) is 47.4 Å². The maximum absolute atomic E-state index is 13.2. The van der Waals surface area contributed by atoms with Gasteiger partial charge in [-0.15, -0.1) is 0 Å². The lowest BCUT2D eigenvalue weighted by Gasteiger charge is -2.20. The molecule has 0 aliphatic rings. The number of benzene rings is 3. The van der Waals surface area contributed by atoms with Gasteiger partial charge in [0.15, 0.2) is 0 Å². The molecule has 0 radical (unpaired) electrons. The number of carbonyl (C=O) groups excluding carboxylic acids is 2. The van der Waals surface area contributed by atoms with Crippen molar-refractivity contribution < 1.29 is 19.5 Å². The lowest BCUT2D eigenvalue weighted by molar-refractivity contribution is -0.118. The van der Waals surface area contributed by atoms with E-state index in [2.05, 4.69) is 15.6 Å². The summed E-state index contributed by atoms with van der Waals surface area (Å²) in [5.41, 5.74) is 2.19. The van der Waals surface area contributed by atoms with Crippen LogP contribution in [0.2, 0.25) is 0 Å². The average molecular weight is 512 g/mol. The van der Waals surface area contributed by atoms with Crippen LogP contribution in [0.15, 0.2) is 83.8 Å². The first-order valence-electron chi connectivity index (χ1n) is 12.4. The van der Waals surface area contributed by atoms with Crippen LogP contribution < -0.4 is 16.1 Å². The van der Waals surface area contributed by atoms with Gasteiger partial charge in [-0.25, -0.2) is 4.79 Å². The SMILES string of the molecule is CC(C)CC[C@H](NC(=O)c1ccc(-c2ccccc2)cc1)C(=O)Nc1ccc2[nH]cc(C(=O)O)c(=O)c2c1. The molecular formula is C30H29N3O5. The number of H-pyrrole nitrogens is 1. The highest BCUT2D eigenvalue weighted by Crippen LogP contribution is 2.20. The number of amides is 2. The van der Waals surface area contributed by atoms with Crippen molar-refractivity contribution in [3.05, 3.63) is 100 Å². The van der Waals surface area contributed by atoms with Crippen molar-refractivity contribution in [2.75, 3.05) is 5.32 Å². The highest BCUT2D eigenvalue weighted by Gasteiger charge is 2.22. The average Bonchev–Trinajstić information content (AvgIpc) is 2.91. The van der Waals surface area contributed by atoms with Gasteiger partial charge in [0, 0.05) is 28.4 Å². The number of aromatic amines is 1. The standard InChI is InChI=1S/C30H29N3O5/c1-18(2)8-14-26(33-28(35)21-11-9-20(10-12-21)19-6-4-3-5-7-19)29(36)32-22-13-15-25-23(16-22)27(34)24(17-31-25)30(37)38/h3-7,9-13,15-18,26H,8,14H2,1-2H3,(H,31,34)(H,32,36)(H,33,35)(H,37,38)/t26-/m0/s1. The van der Waals surface area contributed by atoms with Crippen LogP contribution in [0, 0.1) is 5.92 Å². The van der Waals surface area contributed by atoms with Gasteiger partial charge in [-0.05, 0) is 60.2 Å². The number of hydrogen-bond acceptors (Lipinski definition) is 4. The number of rotatable bonds is 9. The van der Waals surface area contributed by atoms with E-state index in [0.717, 1.165) is 17.3 Å². The van der Waals surface area contributed by atoms with Gasteiger partial charge in [0.2, 0.25) is 11.3 Å². The highest BCUT2D eigenvalue weighted by molar-refractivity contribution is 6.02. The first-order valence-corrected chi connectivity index (χ1v) is 12.4. The number of aromatic nitrogens is 1. The number of fused-ring (bicyclic) bond motifs is 1. The molecule has 4 rings (SSSR count). The van der Waals surface area contributed by atoms with E-state index in [4.69, 9.17) is 0 Å². The molecule has 3 aromatic carbocycles. The summed E-state index contributed by atoms with van der Waals surface area (Å²) in [5.74, 6) is -1.81. The zero-order valence-corrected chi connectivity index (χ0v) is 21.2. The predicted molar refractivity (Wildman–Crippen MR) is 147 cm³/mol. The van der Waals surface area contributed by atoms with E-state index in [0.29, 0.717) is 35.5 Å². The largest absolute Gasteiger partial charge is 0.477 e. The molecule has 1 heterocycles. The van der Waals surface area contributed by atoms with Crippen LogP contribution >= 0.6 is 0 Å². The number of anilines is 1. The van der Waals surface area contributed by atoms with Crippen LogP contribution in [-0.2, 0) is 4.79 Å². The fraction of sp³-hybridized carbons (Fsp3) is 0.200. The maximum Gasteiger partial charge on any atom is 0.341 e. The van der Waals surface area contributed by atoms with E-state index in [1.807, 2.05) is 56.3 Å². The number of pyridine rings is 1. The van der Waals surface area contributed by atoms with Gasteiger partial charge in [0.1, 0.15) is 11.6 Å². The van der Waals surface area contributed by atoms with Crippen LogP contribution in [0.5, 0.6) is 0 Å². The molecule has 0 fully saturated rings. The Bertz CT molecular complexity index is 1530. The first-order chi connectivity index (χ1) is 18.2. The second-order valence-electron chi connectivity index (χ2n) is 9.53. The van der Waals surface area contributed by atoms with E-state index < -0.39 is 23.3 Å². The second-order valence-corrected chi connectivity index (χ2v) is 9.53. The zero-order chi connectivity index (χ0) is 27.2. The normalized spacial score (nSPS) is 11.8. The third-order valence-electron chi connectivity index (χ3n) is 6.29. The highest BCUT2D eigenvalue weighted by atomic mass is 16.4. The van der Waals surface area contributed by atoms with Crippen molar-refractivity contribution in [2.45, 2.75) is 32.7 Å². The maximum atomic E-state index is 13.2.